The number of Topliss-reactive ketones (excluding diaryl/α,β-unsaturated/α-hetero) is 1. The number of hydrogen-bond acceptors (Lipinski definition) is 1. The van der Waals surface area contributed by atoms with E-state index in [0.717, 1.165) is 43.4 Å². The third-order valence-corrected chi connectivity index (χ3v) is 8.00. The fourth-order valence-corrected chi connectivity index (χ4v) is 6.61. The van der Waals surface area contributed by atoms with Crippen LogP contribution in [-0.2, 0) is 4.79 Å². The highest BCUT2D eigenvalue weighted by Gasteiger charge is 2.56. The molecule has 0 bridgehead atoms. The third-order valence-electron chi connectivity index (χ3n) is 8.00. The minimum Gasteiger partial charge on any atom is -0.299 e. The lowest BCUT2D eigenvalue weighted by Crippen LogP contribution is -2.49. The van der Waals surface area contributed by atoms with E-state index in [0.29, 0.717) is 12.2 Å². The summed E-state index contributed by atoms with van der Waals surface area (Å²) in [6, 6.07) is 0. The molecule has 2 heteroatoms. The van der Waals surface area contributed by atoms with Gasteiger partial charge in [0, 0.05) is 12.8 Å². The normalized spacial score (nSPS) is 47.3. The number of hydrogen-bond donors (Lipinski definition) is 0. The Labute approximate surface area is 139 Å². The molecule has 0 aromatic carbocycles. The van der Waals surface area contributed by atoms with Crippen LogP contribution in [0.15, 0.2) is 23.4 Å². The van der Waals surface area contributed by atoms with Crippen LogP contribution < -0.4 is 0 Å². The molecule has 5 atom stereocenters. The topological polar surface area (TPSA) is 21.4 Å². The molecule has 0 aromatic rings. The van der Waals surface area contributed by atoms with Gasteiger partial charge < -0.3 is 0 Å². The monoisotopic (exact) mass is 309 g/mol. The second kappa shape index (κ2) is 5.07. The van der Waals surface area contributed by atoms with Crippen LogP contribution in [0, 0.1) is 35.2 Å². The van der Waals surface area contributed by atoms with E-state index in [2.05, 4.69) is 24.8 Å². The average molecular weight is 309 g/mol. The molecule has 0 radical (unpaired) electrons. The molecular weight excluding hydrogens is 282 g/mol. The molecule has 0 unspecified atom stereocenters. The third kappa shape index (κ3) is 2.02. The highest BCUT2D eigenvalue weighted by molar-refractivity contribution is 5.82. The van der Waals surface area contributed by atoms with Crippen LogP contribution in [0.5, 0.6) is 0 Å². The number of nitrogens with zero attached hydrogens (tertiary/aromatic N) is 1. The van der Waals surface area contributed by atoms with Crippen molar-refractivity contribution in [2.75, 3.05) is 0 Å². The Balaban J connectivity index is 1.69. The Morgan fingerprint density at radius 1 is 1.17 bits per heavy atom. The Hall–Kier alpha value is -1.36. The number of allylic oxidation sites excluding steroid dienone is 3. The van der Waals surface area contributed by atoms with Gasteiger partial charge in [0.25, 0.3) is 0 Å². The molecular formula is C21H27NO. The lowest BCUT2D eigenvalue weighted by atomic mass is 9.48. The van der Waals surface area contributed by atoms with Crippen LogP contribution >= 0.6 is 0 Å². The molecule has 4 rings (SSSR count). The molecule has 23 heavy (non-hydrogen) atoms. The van der Waals surface area contributed by atoms with Crippen molar-refractivity contribution in [1.29, 1.82) is 0 Å². The maximum absolute atomic E-state index is 11.9. The number of carbonyl (C=O) groups excluding carboxylic acids is 1. The maximum Gasteiger partial charge on any atom is 0.154 e. The molecule has 0 aromatic heterocycles. The van der Waals surface area contributed by atoms with Crippen molar-refractivity contribution in [3.63, 3.8) is 0 Å². The predicted molar refractivity (Wildman–Crippen MR) is 91.4 cm³/mol. The van der Waals surface area contributed by atoms with Gasteiger partial charge in [-0.1, -0.05) is 31.1 Å². The largest absolute Gasteiger partial charge is 0.299 e. The van der Waals surface area contributed by atoms with E-state index in [4.69, 9.17) is 6.57 Å². The van der Waals surface area contributed by atoms with Crippen LogP contribution in [0.3, 0.4) is 0 Å². The second-order valence-corrected chi connectivity index (χ2v) is 8.75. The molecule has 3 fully saturated rings. The summed E-state index contributed by atoms with van der Waals surface area (Å²) in [5.41, 5.74) is 3.39. The van der Waals surface area contributed by atoms with Crippen molar-refractivity contribution in [2.24, 2.45) is 28.6 Å². The van der Waals surface area contributed by atoms with Crippen LogP contribution in [-0.4, -0.2) is 5.78 Å². The van der Waals surface area contributed by atoms with Crippen molar-refractivity contribution in [2.45, 2.75) is 65.2 Å². The van der Waals surface area contributed by atoms with Gasteiger partial charge in [0.2, 0.25) is 0 Å². The zero-order valence-corrected chi connectivity index (χ0v) is 14.4. The van der Waals surface area contributed by atoms with Gasteiger partial charge in [0.15, 0.2) is 6.20 Å². The van der Waals surface area contributed by atoms with Gasteiger partial charge in [-0.2, -0.15) is 0 Å². The molecule has 4 aliphatic rings. The van der Waals surface area contributed by atoms with Gasteiger partial charge in [-0.05, 0) is 67.1 Å². The second-order valence-electron chi connectivity index (χ2n) is 8.75. The minimum atomic E-state index is 0.262. The van der Waals surface area contributed by atoms with Crippen molar-refractivity contribution in [1.82, 2.24) is 0 Å². The van der Waals surface area contributed by atoms with Crippen LogP contribution in [0.4, 0.5) is 0 Å². The van der Waals surface area contributed by atoms with E-state index in [9.17, 15) is 4.79 Å². The van der Waals surface area contributed by atoms with E-state index < -0.39 is 0 Å². The summed E-state index contributed by atoms with van der Waals surface area (Å²) >= 11 is 0. The quantitative estimate of drug-likeness (QED) is 0.438. The SMILES string of the molecule is [C-]#[N+]/C=C1/CC[C@H]2[C@@H]3CC=C4CC(=O)CC[C@]4(C)[C@H]3CC[C@]12C. The highest BCUT2D eigenvalue weighted by Crippen LogP contribution is 2.65. The van der Waals surface area contributed by atoms with Crippen molar-refractivity contribution in [3.8, 4) is 0 Å². The predicted octanol–water partition coefficient (Wildman–Crippen LogP) is 5.32. The molecule has 0 spiro atoms. The molecule has 0 amide bonds. The first-order valence-corrected chi connectivity index (χ1v) is 9.26. The van der Waals surface area contributed by atoms with E-state index in [1.165, 1.54) is 30.4 Å². The Kier molecular flexibility index (Phi) is 3.34. The molecule has 122 valence electrons. The summed E-state index contributed by atoms with van der Waals surface area (Å²) in [7, 11) is 0. The lowest BCUT2D eigenvalue weighted by Gasteiger charge is -2.56. The van der Waals surface area contributed by atoms with Crippen LogP contribution in [0.25, 0.3) is 4.85 Å². The van der Waals surface area contributed by atoms with Crippen LogP contribution in [0.2, 0.25) is 0 Å². The van der Waals surface area contributed by atoms with Crippen LogP contribution in [0.1, 0.15) is 65.2 Å². The maximum atomic E-state index is 11.9. The fourth-order valence-electron chi connectivity index (χ4n) is 6.61. The minimum absolute atomic E-state index is 0.262. The van der Waals surface area contributed by atoms with Crippen molar-refractivity contribution >= 4 is 5.78 Å². The Morgan fingerprint density at radius 2 is 1.96 bits per heavy atom. The lowest BCUT2D eigenvalue weighted by molar-refractivity contribution is -0.122. The smallest absolute Gasteiger partial charge is 0.154 e. The molecule has 4 aliphatic carbocycles. The summed E-state index contributed by atoms with van der Waals surface area (Å²) in [6.45, 7) is 12.1. The molecule has 3 saturated carbocycles. The van der Waals surface area contributed by atoms with Crippen molar-refractivity contribution < 1.29 is 4.79 Å². The summed E-state index contributed by atoms with van der Waals surface area (Å²) < 4.78 is 0. The molecule has 0 saturated heterocycles. The summed E-state index contributed by atoms with van der Waals surface area (Å²) in [5.74, 6) is 2.69. The number of carbonyl (C=O) groups is 1. The van der Waals surface area contributed by atoms with Crippen molar-refractivity contribution in [3.05, 3.63) is 34.8 Å². The van der Waals surface area contributed by atoms with Gasteiger partial charge in [0.1, 0.15) is 5.78 Å². The van der Waals surface area contributed by atoms with E-state index in [-0.39, 0.29) is 10.8 Å². The standard InChI is InChI=1S/C21H27NO/c1-20-10-8-16(23)12-14(20)4-6-17-18-7-5-15(13-22-3)21(18,2)11-9-19(17)20/h4,13,17-19H,5-12H2,1-2H3/b15-13-/t17-,18-,19-,20-,21+/m0/s1. The van der Waals surface area contributed by atoms with Gasteiger partial charge >= 0.3 is 0 Å². The highest BCUT2D eigenvalue weighted by atomic mass is 16.1. The van der Waals surface area contributed by atoms with E-state index in [1.807, 2.05) is 6.20 Å². The zero-order chi connectivity index (χ0) is 16.2. The number of fused-ring (bicyclic) bond motifs is 5. The first-order chi connectivity index (χ1) is 11.0. The summed E-state index contributed by atoms with van der Waals surface area (Å²) in [5, 5.41) is 0. The molecule has 0 heterocycles. The average Bonchev–Trinajstić information content (AvgIpc) is 2.85. The molecule has 0 N–H and O–H groups in total. The first-order valence-electron chi connectivity index (χ1n) is 9.26. The van der Waals surface area contributed by atoms with Gasteiger partial charge in [0.05, 0.1) is 6.57 Å². The van der Waals surface area contributed by atoms with Gasteiger partial charge in [-0.3, -0.25) is 4.79 Å². The Bertz CT molecular complexity index is 651. The number of rotatable bonds is 0. The van der Waals surface area contributed by atoms with E-state index >= 15 is 0 Å². The number of ketones is 1. The summed E-state index contributed by atoms with van der Waals surface area (Å²) in [4.78, 5) is 15.5. The Morgan fingerprint density at radius 3 is 2.74 bits per heavy atom. The van der Waals surface area contributed by atoms with Gasteiger partial charge in [-0.15, -0.1) is 0 Å². The van der Waals surface area contributed by atoms with E-state index in [1.54, 1.807) is 0 Å². The fraction of sp³-hybridized carbons (Fsp3) is 0.714. The first kappa shape index (κ1) is 15.2. The molecule has 2 nitrogen and oxygen atoms in total. The molecule has 0 aliphatic heterocycles. The van der Waals surface area contributed by atoms with Gasteiger partial charge in [-0.25, -0.2) is 4.85 Å². The summed E-state index contributed by atoms with van der Waals surface area (Å²) in [6.07, 6.45) is 12.9. The zero-order valence-electron chi connectivity index (χ0n) is 14.4.